The lowest BCUT2D eigenvalue weighted by Crippen LogP contribution is -2.37. The minimum absolute atomic E-state index is 0.0807. The van der Waals surface area contributed by atoms with Crippen LogP contribution in [0.3, 0.4) is 0 Å². The maximum atomic E-state index is 13.4. The maximum absolute atomic E-state index is 13.4. The van der Waals surface area contributed by atoms with Gasteiger partial charge < -0.3 is 10.0 Å². The fourth-order valence-electron chi connectivity index (χ4n) is 1.53. The quantitative estimate of drug-likeness (QED) is 0.816. The number of aliphatic carboxylic acids is 1. The van der Waals surface area contributed by atoms with Crippen LogP contribution in [0.1, 0.15) is 13.3 Å². The highest BCUT2D eigenvalue weighted by atomic mass is 19.1. The number of anilines is 1. The van der Waals surface area contributed by atoms with Crippen LogP contribution in [0, 0.1) is 11.7 Å². The largest absolute Gasteiger partial charge is 0.481 e. The minimum atomic E-state index is -1.19. The number of carbonyl (C=O) groups is 2. The molecule has 0 aliphatic carbocycles. The second kappa shape index (κ2) is 5.43. The number of carbonyl (C=O) groups excluding carboxylic acids is 1. The zero-order valence-electron chi connectivity index (χ0n) is 9.68. The summed E-state index contributed by atoms with van der Waals surface area (Å²) >= 11 is 0. The van der Waals surface area contributed by atoms with Crippen molar-refractivity contribution in [3.63, 3.8) is 0 Å². The molecule has 0 radical (unpaired) electrons. The predicted octanol–water partition coefficient (Wildman–Crippen LogP) is 1.90. The normalized spacial score (nSPS) is 11.9. The van der Waals surface area contributed by atoms with Gasteiger partial charge in [-0.15, -0.1) is 0 Å². The first-order valence-corrected chi connectivity index (χ1v) is 5.24. The number of nitrogens with zero attached hydrogens (tertiary/aromatic N) is 1. The Morgan fingerprint density at radius 3 is 2.47 bits per heavy atom. The molecule has 0 saturated carbocycles. The smallest absolute Gasteiger partial charge is 0.316 e. The molecule has 0 fully saturated rings. The van der Waals surface area contributed by atoms with Gasteiger partial charge in [-0.1, -0.05) is 19.1 Å². The molecule has 0 aliphatic rings. The standard InChI is InChI=1S/C12H14FNO3/c1-3-8(12(16)17)11(15)14(2)10-7-5-4-6-9(10)13/h4-8H,3H2,1-2H3,(H,16,17). The van der Waals surface area contributed by atoms with Crippen LogP contribution in [0.25, 0.3) is 0 Å². The third-order valence-corrected chi connectivity index (χ3v) is 2.55. The van der Waals surface area contributed by atoms with E-state index in [4.69, 9.17) is 5.11 Å². The van der Waals surface area contributed by atoms with Gasteiger partial charge in [0, 0.05) is 7.05 Å². The molecule has 4 nitrogen and oxygen atoms in total. The molecule has 0 spiro atoms. The number of rotatable bonds is 4. The third-order valence-electron chi connectivity index (χ3n) is 2.55. The van der Waals surface area contributed by atoms with Crippen LogP contribution < -0.4 is 4.90 Å². The lowest BCUT2D eigenvalue weighted by atomic mass is 10.1. The van der Waals surface area contributed by atoms with E-state index in [1.165, 1.54) is 25.2 Å². The van der Waals surface area contributed by atoms with Gasteiger partial charge in [-0.3, -0.25) is 9.59 Å². The highest BCUT2D eigenvalue weighted by Gasteiger charge is 2.28. The Hall–Kier alpha value is -1.91. The molecule has 0 aromatic heterocycles. The van der Waals surface area contributed by atoms with Gasteiger partial charge in [0.05, 0.1) is 5.69 Å². The molecule has 0 bridgehead atoms. The molecular weight excluding hydrogens is 225 g/mol. The zero-order valence-corrected chi connectivity index (χ0v) is 9.68. The third kappa shape index (κ3) is 2.81. The van der Waals surface area contributed by atoms with Gasteiger partial charge >= 0.3 is 5.97 Å². The molecule has 1 atom stereocenters. The van der Waals surface area contributed by atoms with E-state index in [1.54, 1.807) is 13.0 Å². The number of hydrogen-bond acceptors (Lipinski definition) is 2. The molecule has 1 unspecified atom stereocenters. The van der Waals surface area contributed by atoms with Crippen LogP contribution in [-0.2, 0) is 9.59 Å². The molecule has 92 valence electrons. The molecule has 1 amide bonds. The molecule has 17 heavy (non-hydrogen) atoms. The topological polar surface area (TPSA) is 57.6 Å². The van der Waals surface area contributed by atoms with E-state index < -0.39 is 23.6 Å². The number of carboxylic acid groups (broad SMARTS) is 1. The van der Waals surface area contributed by atoms with Gasteiger partial charge in [-0.25, -0.2) is 4.39 Å². The number of carboxylic acids is 1. The van der Waals surface area contributed by atoms with Crippen LogP contribution >= 0.6 is 0 Å². The van der Waals surface area contributed by atoms with Crippen molar-refractivity contribution in [2.45, 2.75) is 13.3 Å². The van der Waals surface area contributed by atoms with E-state index in [1.807, 2.05) is 0 Å². The molecule has 1 aromatic carbocycles. The number of amides is 1. The van der Waals surface area contributed by atoms with Crippen LogP contribution in [-0.4, -0.2) is 24.0 Å². The van der Waals surface area contributed by atoms with E-state index in [9.17, 15) is 14.0 Å². The summed E-state index contributed by atoms with van der Waals surface area (Å²) in [6.45, 7) is 1.60. The van der Waals surface area contributed by atoms with Crippen molar-refractivity contribution in [2.75, 3.05) is 11.9 Å². The van der Waals surface area contributed by atoms with Crippen LogP contribution in [0.15, 0.2) is 24.3 Å². The second-order valence-corrected chi connectivity index (χ2v) is 3.65. The molecule has 1 N–H and O–H groups in total. The van der Waals surface area contributed by atoms with Crippen molar-refractivity contribution >= 4 is 17.6 Å². The summed E-state index contributed by atoms with van der Waals surface area (Å²) in [5.41, 5.74) is 0.0807. The SMILES string of the molecule is CCC(C(=O)O)C(=O)N(C)c1ccccc1F. The Bertz CT molecular complexity index is 434. The van der Waals surface area contributed by atoms with Crippen LogP contribution in [0.4, 0.5) is 10.1 Å². The van der Waals surface area contributed by atoms with E-state index in [-0.39, 0.29) is 12.1 Å². The molecule has 0 heterocycles. The highest BCUT2D eigenvalue weighted by molar-refractivity contribution is 6.05. The monoisotopic (exact) mass is 239 g/mol. The fraction of sp³-hybridized carbons (Fsp3) is 0.333. The number of benzene rings is 1. The summed E-state index contributed by atoms with van der Waals surface area (Å²) in [6.07, 6.45) is 0.174. The summed E-state index contributed by atoms with van der Waals surface area (Å²) in [4.78, 5) is 23.7. The summed E-state index contributed by atoms with van der Waals surface area (Å²) in [5.74, 6) is -3.51. The summed E-state index contributed by atoms with van der Waals surface area (Å²) in [6, 6.07) is 5.75. The molecular formula is C12H14FNO3. The van der Waals surface area contributed by atoms with Crippen molar-refractivity contribution in [3.8, 4) is 0 Å². The van der Waals surface area contributed by atoms with E-state index >= 15 is 0 Å². The molecule has 1 aromatic rings. The molecule has 5 heteroatoms. The summed E-state index contributed by atoms with van der Waals surface area (Å²) in [5, 5.41) is 8.87. The predicted molar refractivity (Wildman–Crippen MR) is 61.2 cm³/mol. The Labute approximate surface area is 98.7 Å². The van der Waals surface area contributed by atoms with Crippen molar-refractivity contribution in [3.05, 3.63) is 30.1 Å². The lowest BCUT2D eigenvalue weighted by molar-refractivity contribution is -0.146. The Kier molecular flexibility index (Phi) is 4.20. The average molecular weight is 239 g/mol. The Morgan fingerprint density at radius 1 is 1.41 bits per heavy atom. The zero-order chi connectivity index (χ0) is 13.0. The van der Waals surface area contributed by atoms with Crippen molar-refractivity contribution in [1.82, 2.24) is 0 Å². The van der Waals surface area contributed by atoms with Gasteiger partial charge in [0.15, 0.2) is 0 Å². The highest BCUT2D eigenvalue weighted by Crippen LogP contribution is 2.20. The number of halogens is 1. The Balaban J connectivity index is 2.97. The molecule has 1 rings (SSSR count). The summed E-state index contributed by atoms with van der Waals surface area (Å²) < 4.78 is 13.4. The summed E-state index contributed by atoms with van der Waals surface area (Å²) in [7, 11) is 1.37. The number of para-hydroxylation sites is 1. The minimum Gasteiger partial charge on any atom is -0.481 e. The second-order valence-electron chi connectivity index (χ2n) is 3.65. The van der Waals surface area contributed by atoms with Gasteiger partial charge in [0.2, 0.25) is 5.91 Å². The van der Waals surface area contributed by atoms with Crippen LogP contribution in [0.2, 0.25) is 0 Å². The average Bonchev–Trinajstić information content (AvgIpc) is 2.29. The van der Waals surface area contributed by atoms with Crippen molar-refractivity contribution in [2.24, 2.45) is 5.92 Å². The van der Waals surface area contributed by atoms with E-state index in [0.717, 1.165) is 4.90 Å². The van der Waals surface area contributed by atoms with Crippen molar-refractivity contribution in [1.29, 1.82) is 0 Å². The lowest BCUT2D eigenvalue weighted by Gasteiger charge is -2.21. The van der Waals surface area contributed by atoms with Gasteiger partial charge in [-0.05, 0) is 18.6 Å². The number of hydrogen-bond donors (Lipinski definition) is 1. The Morgan fingerprint density at radius 2 is 2.00 bits per heavy atom. The maximum Gasteiger partial charge on any atom is 0.316 e. The molecule has 0 aliphatic heterocycles. The van der Waals surface area contributed by atoms with Crippen molar-refractivity contribution < 1.29 is 19.1 Å². The van der Waals surface area contributed by atoms with E-state index in [2.05, 4.69) is 0 Å². The van der Waals surface area contributed by atoms with Gasteiger partial charge in [0.25, 0.3) is 0 Å². The first-order valence-electron chi connectivity index (χ1n) is 5.24. The molecule has 0 saturated heterocycles. The first kappa shape index (κ1) is 13.2. The van der Waals surface area contributed by atoms with E-state index in [0.29, 0.717) is 0 Å². The van der Waals surface area contributed by atoms with Crippen LogP contribution in [0.5, 0.6) is 0 Å². The first-order chi connectivity index (χ1) is 7.99. The fourth-order valence-corrected chi connectivity index (χ4v) is 1.53. The van der Waals surface area contributed by atoms with Gasteiger partial charge in [0.1, 0.15) is 11.7 Å². The van der Waals surface area contributed by atoms with Gasteiger partial charge in [-0.2, -0.15) is 0 Å².